The van der Waals surface area contributed by atoms with Gasteiger partial charge in [-0.2, -0.15) is 0 Å². The second kappa shape index (κ2) is 8.03. The number of rotatable bonds is 4. The first-order valence-electron chi connectivity index (χ1n) is 8.87. The van der Waals surface area contributed by atoms with E-state index in [1.54, 1.807) is 0 Å². The zero-order chi connectivity index (χ0) is 17.8. The number of carbonyl (C=O) groups excluding carboxylic acids is 1. The molecule has 1 amide bonds. The van der Waals surface area contributed by atoms with E-state index < -0.39 is 0 Å². The number of nitrogens with one attached hydrogen (secondary N) is 1. The molecule has 1 aliphatic heterocycles. The molecule has 0 radical (unpaired) electrons. The van der Waals surface area contributed by atoms with Crippen LogP contribution in [0, 0.1) is 19.8 Å². The van der Waals surface area contributed by atoms with Crippen molar-refractivity contribution in [3.8, 4) is 0 Å². The Hall–Kier alpha value is -1.84. The Kier molecular flexibility index (Phi) is 5.77. The number of carbonyl (C=O) groups is 1. The summed E-state index contributed by atoms with van der Waals surface area (Å²) in [5.74, 6) is 0.121. The standard InChI is InChI=1S/C21H25ClN2O/c1-15-7-3-4-8-17(15)13-24-12-6-9-18(14-24)21(25)23-20-11-5-10-19(22)16(20)2/h3-5,7-8,10-11,18H,6,9,12-14H2,1-2H3,(H,23,25). The predicted molar refractivity (Wildman–Crippen MR) is 104 cm³/mol. The number of hydrogen-bond donors (Lipinski definition) is 1. The van der Waals surface area contributed by atoms with E-state index in [1.807, 2.05) is 25.1 Å². The van der Waals surface area contributed by atoms with Gasteiger partial charge in [0, 0.05) is 23.8 Å². The van der Waals surface area contributed by atoms with Gasteiger partial charge < -0.3 is 5.32 Å². The van der Waals surface area contributed by atoms with Crippen molar-refractivity contribution in [2.24, 2.45) is 5.92 Å². The minimum atomic E-state index is 0.0242. The lowest BCUT2D eigenvalue weighted by Crippen LogP contribution is -2.40. The van der Waals surface area contributed by atoms with Gasteiger partial charge in [0.2, 0.25) is 5.91 Å². The smallest absolute Gasteiger partial charge is 0.228 e. The third-order valence-corrected chi connectivity index (χ3v) is 5.47. The first kappa shape index (κ1) is 18.0. The number of anilines is 1. The Morgan fingerprint density at radius 1 is 1.20 bits per heavy atom. The summed E-state index contributed by atoms with van der Waals surface area (Å²) in [5.41, 5.74) is 4.39. The van der Waals surface area contributed by atoms with E-state index in [1.165, 1.54) is 11.1 Å². The molecule has 0 bridgehead atoms. The molecule has 2 aromatic rings. The number of likely N-dealkylation sites (tertiary alicyclic amines) is 1. The maximum absolute atomic E-state index is 12.7. The van der Waals surface area contributed by atoms with Crippen LogP contribution < -0.4 is 5.32 Å². The lowest BCUT2D eigenvalue weighted by molar-refractivity contribution is -0.121. The van der Waals surface area contributed by atoms with Gasteiger partial charge in [0.15, 0.2) is 0 Å². The third kappa shape index (κ3) is 4.42. The highest BCUT2D eigenvalue weighted by Gasteiger charge is 2.26. The summed E-state index contributed by atoms with van der Waals surface area (Å²) in [6, 6.07) is 14.1. The fraction of sp³-hybridized carbons (Fsp3) is 0.381. The molecule has 1 N–H and O–H groups in total. The molecular weight excluding hydrogens is 332 g/mol. The quantitative estimate of drug-likeness (QED) is 0.852. The van der Waals surface area contributed by atoms with E-state index in [0.29, 0.717) is 5.02 Å². The molecule has 1 atom stereocenters. The fourth-order valence-corrected chi connectivity index (χ4v) is 3.59. The molecule has 0 saturated carbocycles. The second-order valence-corrected chi connectivity index (χ2v) is 7.31. The highest BCUT2D eigenvalue weighted by molar-refractivity contribution is 6.31. The largest absolute Gasteiger partial charge is 0.326 e. The van der Waals surface area contributed by atoms with E-state index in [2.05, 4.69) is 41.4 Å². The molecule has 0 spiro atoms. The van der Waals surface area contributed by atoms with Gasteiger partial charge in [0.25, 0.3) is 0 Å². The van der Waals surface area contributed by atoms with Gasteiger partial charge in [-0.3, -0.25) is 9.69 Å². The Morgan fingerprint density at radius 2 is 2.00 bits per heavy atom. The number of amides is 1. The third-order valence-electron chi connectivity index (χ3n) is 5.06. The molecule has 1 saturated heterocycles. The van der Waals surface area contributed by atoms with Crippen LogP contribution in [-0.4, -0.2) is 23.9 Å². The number of halogens is 1. The summed E-state index contributed by atoms with van der Waals surface area (Å²) >= 11 is 6.15. The Morgan fingerprint density at radius 3 is 2.80 bits per heavy atom. The van der Waals surface area contributed by atoms with E-state index in [9.17, 15) is 4.79 Å². The molecule has 2 aromatic carbocycles. The van der Waals surface area contributed by atoms with Crippen LogP contribution in [0.3, 0.4) is 0 Å². The Balaban J connectivity index is 1.63. The molecule has 3 rings (SSSR count). The van der Waals surface area contributed by atoms with Gasteiger partial charge in [-0.05, 0) is 62.1 Å². The summed E-state index contributed by atoms with van der Waals surface area (Å²) in [4.78, 5) is 15.1. The van der Waals surface area contributed by atoms with E-state index in [-0.39, 0.29) is 11.8 Å². The van der Waals surface area contributed by atoms with Gasteiger partial charge in [-0.1, -0.05) is 41.9 Å². The van der Waals surface area contributed by atoms with E-state index >= 15 is 0 Å². The average Bonchev–Trinajstić information content (AvgIpc) is 2.61. The van der Waals surface area contributed by atoms with Gasteiger partial charge >= 0.3 is 0 Å². The molecule has 0 aliphatic carbocycles. The average molecular weight is 357 g/mol. The summed E-state index contributed by atoms with van der Waals surface area (Å²) in [6.45, 7) is 6.84. The van der Waals surface area contributed by atoms with Crippen LogP contribution in [0.1, 0.15) is 29.5 Å². The van der Waals surface area contributed by atoms with Gasteiger partial charge in [-0.15, -0.1) is 0 Å². The summed E-state index contributed by atoms with van der Waals surface area (Å²) in [6.07, 6.45) is 1.99. The maximum Gasteiger partial charge on any atom is 0.228 e. The van der Waals surface area contributed by atoms with Crippen LogP contribution in [0.4, 0.5) is 5.69 Å². The van der Waals surface area contributed by atoms with E-state index in [0.717, 1.165) is 43.7 Å². The van der Waals surface area contributed by atoms with Crippen molar-refractivity contribution in [3.05, 3.63) is 64.2 Å². The molecule has 4 heteroatoms. The number of aryl methyl sites for hydroxylation is 1. The zero-order valence-electron chi connectivity index (χ0n) is 14.9. The fourth-order valence-electron chi connectivity index (χ4n) is 3.42. The molecule has 1 unspecified atom stereocenters. The molecular formula is C21H25ClN2O. The highest BCUT2D eigenvalue weighted by atomic mass is 35.5. The Bertz CT molecular complexity index is 759. The van der Waals surface area contributed by atoms with Crippen molar-refractivity contribution in [3.63, 3.8) is 0 Å². The minimum Gasteiger partial charge on any atom is -0.326 e. The zero-order valence-corrected chi connectivity index (χ0v) is 15.6. The Labute approximate surface area is 155 Å². The van der Waals surface area contributed by atoms with Gasteiger partial charge in [0.05, 0.1) is 5.92 Å². The first-order valence-corrected chi connectivity index (χ1v) is 9.25. The predicted octanol–water partition coefficient (Wildman–Crippen LogP) is 4.81. The SMILES string of the molecule is Cc1ccccc1CN1CCCC(C(=O)Nc2cccc(Cl)c2C)C1. The van der Waals surface area contributed by atoms with Crippen LogP contribution in [0.5, 0.6) is 0 Å². The maximum atomic E-state index is 12.7. The van der Waals surface area contributed by atoms with Crippen LogP contribution in [-0.2, 0) is 11.3 Å². The van der Waals surface area contributed by atoms with Crippen LogP contribution >= 0.6 is 11.6 Å². The normalized spacial score (nSPS) is 18.1. The molecule has 1 aliphatic rings. The molecule has 0 aromatic heterocycles. The molecule has 1 fully saturated rings. The first-order chi connectivity index (χ1) is 12.0. The monoisotopic (exact) mass is 356 g/mol. The molecule has 25 heavy (non-hydrogen) atoms. The summed E-state index contributed by atoms with van der Waals surface area (Å²) < 4.78 is 0. The van der Waals surface area contributed by atoms with Crippen LogP contribution in [0.25, 0.3) is 0 Å². The lowest BCUT2D eigenvalue weighted by Gasteiger charge is -2.32. The molecule has 3 nitrogen and oxygen atoms in total. The second-order valence-electron chi connectivity index (χ2n) is 6.90. The summed E-state index contributed by atoms with van der Waals surface area (Å²) in [7, 11) is 0. The van der Waals surface area contributed by atoms with Crippen molar-refractivity contribution >= 4 is 23.2 Å². The highest BCUT2D eigenvalue weighted by Crippen LogP contribution is 2.25. The lowest BCUT2D eigenvalue weighted by atomic mass is 9.96. The minimum absolute atomic E-state index is 0.0242. The van der Waals surface area contributed by atoms with Crippen molar-refractivity contribution in [2.45, 2.75) is 33.2 Å². The number of benzene rings is 2. The molecule has 1 heterocycles. The van der Waals surface area contributed by atoms with Gasteiger partial charge in [-0.25, -0.2) is 0 Å². The number of piperidine rings is 1. The topological polar surface area (TPSA) is 32.3 Å². The summed E-state index contributed by atoms with van der Waals surface area (Å²) in [5, 5.41) is 3.75. The molecule has 132 valence electrons. The number of nitrogens with zero attached hydrogens (tertiary/aromatic N) is 1. The van der Waals surface area contributed by atoms with Crippen LogP contribution in [0.15, 0.2) is 42.5 Å². The van der Waals surface area contributed by atoms with Crippen molar-refractivity contribution < 1.29 is 4.79 Å². The van der Waals surface area contributed by atoms with Crippen molar-refractivity contribution in [1.29, 1.82) is 0 Å². The van der Waals surface area contributed by atoms with Crippen molar-refractivity contribution in [1.82, 2.24) is 4.90 Å². The number of hydrogen-bond acceptors (Lipinski definition) is 2. The van der Waals surface area contributed by atoms with Gasteiger partial charge in [0.1, 0.15) is 0 Å². The van der Waals surface area contributed by atoms with Crippen molar-refractivity contribution in [2.75, 3.05) is 18.4 Å². The van der Waals surface area contributed by atoms with E-state index in [4.69, 9.17) is 11.6 Å². The van der Waals surface area contributed by atoms with Crippen LogP contribution in [0.2, 0.25) is 5.02 Å².